The first-order chi connectivity index (χ1) is 11.0. The second kappa shape index (κ2) is 5.70. The zero-order valence-corrected chi connectivity index (χ0v) is 13.0. The molecule has 0 unspecified atom stereocenters. The van der Waals surface area contributed by atoms with E-state index in [4.69, 9.17) is 11.2 Å². The van der Waals surface area contributed by atoms with Gasteiger partial charge < -0.3 is 9.72 Å². The molecule has 0 saturated heterocycles. The molecule has 2 aromatic heterocycles. The lowest BCUT2D eigenvalue weighted by Gasteiger charge is -2.08. The van der Waals surface area contributed by atoms with Crippen molar-refractivity contribution < 1.29 is 13.2 Å². The summed E-state index contributed by atoms with van der Waals surface area (Å²) in [6, 6.07) is 4.53. The van der Waals surface area contributed by atoms with E-state index in [2.05, 4.69) is 25.9 Å². The summed E-state index contributed by atoms with van der Waals surface area (Å²) in [5.41, 5.74) is 1.81. The summed E-state index contributed by atoms with van der Waals surface area (Å²) in [7, 11) is -2.08. The smallest absolute Gasteiger partial charge is 0.189 e. The van der Waals surface area contributed by atoms with Crippen molar-refractivity contribution in [3.8, 4) is 29.5 Å². The number of hydrogen-bond donors (Lipinski definition) is 1. The number of hydrogen-bond acceptors (Lipinski definition) is 6. The van der Waals surface area contributed by atoms with Crippen LogP contribution in [0.5, 0.6) is 5.75 Å². The quantitative estimate of drug-likeness (QED) is 0.728. The Morgan fingerprint density at radius 1 is 1.39 bits per heavy atom. The lowest BCUT2D eigenvalue weighted by molar-refractivity contribution is 0.415. The zero-order chi connectivity index (χ0) is 16.4. The molecule has 0 aliphatic rings. The van der Waals surface area contributed by atoms with Gasteiger partial charge in [-0.05, 0) is 18.2 Å². The molecule has 0 amide bonds. The third-order valence-electron chi connectivity index (χ3n) is 3.22. The fourth-order valence-corrected chi connectivity index (χ4v) is 3.09. The van der Waals surface area contributed by atoms with Crippen molar-refractivity contribution in [3.05, 3.63) is 30.7 Å². The molecule has 3 aromatic rings. The number of terminal acetylenes is 1. The highest BCUT2D eigenvalue weighted by molar-refractivity contribution is 7.91. The van der Waals surface area contributed by atoms with E-state index in [-0.39, 0.29) is 10.6 Å². The SMILES string of the molecule is C#CCS(=O)(=O)c1ccc(-c2nc3ncncc3[nH]2)c(OC)c1. The number of sulfone groups is 1. The van der Waals surface area contributed by atoms with Crippen LogP contribution in [0.25, 0.3) is 22.6 Å². The van der Waals surface area contributed by atoms with E-state index in [0.29, 0.717) is 28.3 Å². The van der Waals surface area contributed by atoms with Crippen LogP contribution in [0, 0.1) is 12.3 Å². The average molecular weight is 328 g/mol. The summed E-state index contributed by atoms with van der Waals surface area (Å²) in [4.78, 5) is 15.5. The van der Waals surface area contributed by atoms with Crippen molar-refractivity contribution >= 4 is 21.0 Å². The van der Waals surface area contributed by atoms with Crippen LogP contribution in [0.1, 0.15) is 0 Å². The van der Waals surface area contributed by atoms with Crippen LogP contribution in [0.15, 0.2) is 35.6 Å². The minimum atomic E-state index is -3.54. The molecule has 0 aliphatic carbocycles. The van der Waals surface area contributed by atoms with Crippen LogP contribution in [0.4, 0.5) is 0 Å². The molecule has 3 rings (SSSR count). The summed E-state index contributed by atoms with van der Waals surface area (Å²) in [5, 5.41) is 0. The van der Waals surface area contributed by atoms with Gasteiger partial charge >= 0.3 is 0 Å². The Morgan fingerprint density at radius 2 is 2.22 bits per heavy atom. The Morgan fingerprint density at radius 3 is 2.91 bits per heavy atom. The fourth-order valence-electron chi connectivity index (χ4n) is 2.14. The number of ether oxygens (including phenoxy) is 1. The average Bonchev–Trinajstić information content (AvgIpc) is 2.98. The Kier molecular flexibility index (Phi) is 3.72. The lowest BCUT2D eigenvalue weighted by atomic mass is 10.2. The van der Waals surface area contributed by atoms with E-state index in [0.717, 1.165) is 0 Å². The summed E-state index contributed by atoms with van der Waals surface area (Å²) < 4.78 is 29.4. The molecule has 0 saturated carbocycles. The van der Waals surface area contributed by atoms with Crippen molar-refractivity contribution in [2.24, 2.45) is 0 Å². The van der Waals surface area contributed by atoms with Gasteiger partial charge in [-0.25, -0.2) is 23.4 Å². The molecular weight excluding hydrogens is 316 g/mol. The topological polar surface area (TPSA) is 97.8 Å². The number of aromatic nitrogens is 4. The lowest BCUT2D eigenvalue weighted by Crippen LogP contribution is -2.05. The van der Waals surface area contributed by atoms with Crippen molar-refractivity contribution in [1.29, 1.82) is 0 Å². The molecular formula is C15H12N4O3S. The van der Waals surface area contributed by atoms with Crippen LogP contribution in [0.2, 0.25) is 0 Å². The first-order valence-corrected chi connectivity index (χ1v) is 8.21. The maximum Gasteiger partial charge on any atom is 0.189 e. The van der Waals surface area contributed by atoms with Crippen molar-refractivity contribution in [2.45, 2.75) is 4.90 Å². The van der Waals surface area contributed by atoms with Gasteiger partial charge in [-0.3, -0.25) is 0 Å². The van der Waals surface area contributed by atoms with Gasteiger partial charge in [0.05, 0.1) is 23.8 Å². The summed E-state index contributed by atoms with van der Waals surface area (Å²) in [6.45, 7) is 0. The molecule has 0 atom stereocenters. The van der Waals surface area contributed by atoms with Crippen LogP contribution >= 0.6 is 0 Å². The number of nitrogens with one attached hydrogen (secondary N) is 1. The maximum atomic E-state index is 12.0. The number of H-pyrrole nitrogens is 1. The number of fused-ring (bicyclic) bond motifs is 1. The Bertz CT molecular complexity index is 986. The molecule has 0 aliphatic heterocycles. The van der Waals surface area contributed by atoms with E-state index in [1.807, 2.05) is 0 Å². The predicted molar refractivity (Wildman–Crippen MR) is 84.6 cm³/mol. The molecule has 23 heavy (non-hydrogen) atoms. The second-order valence-corrected chi connectivity index (χ2v) is 6.66. The summed E-state index contributed by atoms with van der Waals surface area (Å²) in [6.07, 6.45) is 8.11. The first kappa shape index (κ1) is 15.0. The largest absolute Gasteiger partial charge is 0.496 e. The number of nitrogens with zero attached hydrogens (tertiary/aromatic N) is 3. The zero-order valence-electron chi connectivity index (χ0n) is 12.1. The molecule has 116 valence electrons. The minimum Gasteiger partial charge on any atom is -0.496 e. The number of imidazole rings is 1. The van der Waals surface area contributed by atoms with Gasteiger partial charge in [-0.1, -0.05) is 5.92 Å². The van der Waals surface area contributed by atoms with E-state index >= 15 is 0 Å². The minimum absolute atomic E-state index is 0.104. The number of benzene rings is 1. The van der Waals surface area contributed by atoms with Gasteiger partial charge in [-0.2, -0.15) is 0 Å². The van der Waals surface area contributed by atoms with Crippen molar-refractivity contribution in [2.75, 3.05) is 12.9 Å². The third kappa shape index (κ3) is 2.74. The highest BCUT2D eigenvalue weighted by Gasteiger charge is 2.18. The van der Waals surface area contributed by atoms with Gasteiger partial charge in [0.2, 0.25) is 0 Å². The Hall–Kier alpha value is -2.92. The van der Waals surface area contributed by atoms with Gasteiger partial charge in [-0.15, -0.1) is 6.42 Å². The van der Waals surface area contributed by atoms with Gasteiger partial charge in [0.15, 0.2) is 15.5 Å². The molecule has 0 fully saturated rings. The molecule has 7 nitrogen and oxygen atoms in total. The summed E-state index contributed by atoms with van der Waals surface area (Å²) in [5.74, 6) is 2.66. The molecule has 1 N–H and O–H groups in total. The molecule has 0 radical (unpaired) electrons. The molecule has 2 heterocycles. The first-order valence-electron chi connectivity index (χ1n) is 6.55. The van der Waals surface area contributed by atoms with E-state index < -0.39 is 9.84 Å². The monoisotopic (exact) mass is 328 g/mol. The van der Waals surface area contributed by atoms with Gasteiger partial charge in [0.1, 0.15) is 29.2 Å². The van der Waals surface area contributed by atoms with E-state index in [1.54, 1.807) is 12.3 Å². The predicted octanol–water partition coefficient (Wildman–Crippen LogP) is 1.44. The van der Waals surface area contributed by atoms with Crippen LogP contribution in [0.3, 0.4) is 0 Å². The summed E-state index contributed by atoms with van der Waals surface area (Å²) >= 11 is 0. The standard InChI is InChI=1S/C15H12N4O3S/c1-3-6-23(20,21)10-4-5-11(13(7-10)22-2)14-18-12-8-16-9-17-15(12)19-14/h1,4-5,7-9H,6H2,2H3,(H,16,17,18,19). The number of methoxy groups -OCH3 is 1. The number of aromatic amines is 1. The highest BCUT2D eigenvalue weighted by Crippen LogP contribution is 2.31. The molecule has 0 spiro atoms. The normalized spacial score (nSPS) is 11.3. The number of rotatable bonds is 4. The van der Waals surface area contributed by atoms with E-state index in [9.17, 15) is 8.42 Å². The van der Waals surface area contributed by atoms with Gasteiger partial charge in [0, 0.05) is 0 Å². The maximum absolute atomic E-state index is 12.0. The van der Waals surface area contributed by atoms with Crippen molar-refractivity contribution in [3.63, 3.8) is 0 Å². The molecule has 0 bridgehead atoms. The van der Waals surface area contributed by atoms with Crippen LogP contribution < -0.4 is 4.74 Å². The Balaban J connectivity index is 2.12. The Labute approximate surface area is 132 Å². The molecule has 1 aromatic carbocycles. The highest BCUT2D eigenvalue weighted by atomic mass is 32.2. The molecule has 8 heteroatoms. The second-order valence-electron chi connectivity index (χ2n) is 4.67. The fraction of sp³-hybridized carbons (Fsp3) is 0.133. The van der Waals surface area contributed by atoms with Crippen LogP contribution in [-0.4, -0.2) is 41.2 Å². The van der Waals surface area contributed by atoms with Gasteiger partial charge in [0.25, 0.3) is 0 Å². The third-order valence-corrected chi connectivity index (χ3v) is 4.74. The van der Waals surface area contributed by atoms with Crippen molar-refractivity contribution in [1.82, 2.24) is 19.9 Å². The van der Waals surface area contributed by atoms with E-state index in [1.165, 1.54) is 25.6 Å². The van der Waals surface area contributed by atoms with Crippen LogP contribution in [-0.2, 0) is 9.84 Å².